The van der Waals surface area contributed by atoms with Gasteiger partial charge in [-0.2, -0.15) is 0 Å². The zero-order valence-corrected chi connectivity index (χ0v) is 13.8. The van der Waals surface area contributed by atoms with Gasteiger partial charge in [-0.25, -0.2) is 0 Å². The van der Waals surface area contributed by atoms with E-state index in [9.17, 15) is 4.79 Å². The van der Waals surface area contributed by atoms with Crippen LogP contribution in [-0.4, -0.2) is 43.3 Å². The highest BCUT2D eigenvalue weighted by molar-refractivity contribution is 5.80. The molecule has 1 aromatic rings. The first-order valence-corrected chi connectivity index (χ1v) is 7.42. The molecule has 0 fully saturated rings. The predicted octanol–water partition coefficient (Wildman–Crippen LogP) is 2.78. The topological polar surface area (TPSA) is 38.8 Å². The molecule has 1 rings (SSSR count). The third kappa shape index (κ3) is 6.27. The molecule has 0 bridgehead atoms. The van der Waals surface area contributed by atoms with E-state index in [1.54, 1.807) is 18.9 Å². The Labute approximate surface area is 128 Å². The number of hydrogen-bond donors (Lipinski definition) is 0. The standard InChI is InChI=1S/C17H27NO3/c1-13(2)21-15(4)17(19)18(10-11-20-5)12-16-8-6-14(3)7-9-16/h6-9,13,15H,10-12H2,1-5H3/t15-/m0/s1. The summed E-state index contributed by atoms with van der Waals surface area (Å²) in [6, 6.07) is 8.22. The van der Waals surface area contributed by atoms with Gasteiger partial charge >= 0.3 is 0 Å². The van der Waals surface area contributed by atoms with E-state index in [1.807, 2.05) is 13.8 Å². The van der Waals surface area contributed by atoms with E-state index in [1.165, 1.54) is 5.56 Å². The molecule has 0 aromatic heterocycles. The number of carbonyl (C=O) groups is 1. The second-order valence-corrected chi connectivity index (χ2v) is 5.57. The van der Waals surface area contributed by atoms with Crippen molar-refractivity contribution in [3.63, 3.8) is 0 Å². The van der Waals surface area contributed by atoms with Gasteiger partial charge in [-0.1, -0.05) is 29.8 Å². The molecule has 0 N–H and O–H groups in total. The monoisotopic (exact) mass is 293 g/mol. The fraction of sp³-hybridized carbons (Fsp3) is 0.588. The van der Waals surface area contributed by atoms with Crippen molar-refractivity contribution in [1.29, 1.82) is 0 Å². The summed E-state index contributed by atoms with van der Waals surface area (Å²) in [5, 5.41) is 0. The molecule has 1 aromatic carbocycles. The number of benzene rings is 1. The highest BCUT2D eigenvalue weighted by atomic mass is 16.5. The highest BCUT2D eigenvalue weighted by Gasteiger charge is 2.22. The molecule has 0 saturated carbocycles. The maximum Gasteiger partial charge on any atom is 0.251 e. The van der Waals surface area contributed by atoms with Crippen LogP contribution in [0.1, 0.15) is 31.9 Å². The molecule has 0 unspecified atom stereocenters. The van der Waals surface area contributed by atoms with Crippen molar-refractivity contribution in [2.45, 2.75) is 46.4 Å². The van der Waals surface area contributed by atoms with E-state index in [0.717, 1.165) is 5.56 Å². The molecule has 1 atom stereocenters. The Morgan fingerprint density at radius 3 is 2.33 bits per heavy atom. The summed E-state index contributed by atoms with van der Waals surface area (Å²) in [5.74, 6) is 0.00123. The van der Waals surface area contributed by atoms with E-state index in [0.29, 0.717) is 19.7 Å². The van der Waals surface area contributed by atoms with Crippen molar-refractivity contribution in [2.24, 2.45) is 0 Å². The smallest absolute Gasteiger partial charge is 0.251 e. The van der Waals surface area contributed by atoms with E-state index >= 15 is 0 Å². The van der Waals surface area contributed by atoms with Crippen molar-refractivity contribution >= 4 is 5.91 Å². The molecule has 0 aliphatic carbocycles. The van der Waals surface area contributed by atoms with Gasteiger partial charge < -0.3 is 14.4 Å². The van der Waals surface area contributed by atoms with Crippen LogP contribution in [-0.2, 0) is 20.8 Å². The summed E-state index contributed by atoms with van der Waals surface area (Å²) in [7, 11) is 1.64. The van der Waals surface area contributed by atoms with Gasteiger partial charge in [0.2, 0.25) is 0 Å². The number of methoxy groups -OCH3 is 1. The highest BCUT2D eigenvalue weighted by Crippen LogP contribution is 2.10. The van der Waals surface area contributed by atoms with Crippen molar-refractivity contribution in [3.8, 4) is 0 Å². The van der Waals surface area contributed by atoms with Crippen LogP contribution in [0.3, 0.4) is 0 Å². The third-order valence-corrected chi connectivity index (χ3v) is 3.20. The summed E-state index contributed by atoms with van der Waals surface area (Å²) < 4.78 is 10.7. The van der Waals surface area contributed by atoms with E-state index in [-0.39, 0.29) is 12.0 Å². The summed E-state index contributed by atoms with van der Waals surface area (Å²) in [6.45, 7) is 9.38. The van der Waals surface area contributed by atoms with Crippen LogP contribution in [0.15, 0.2) is 24.3 Å². The zero-order valence-electron chi connectivity index (χ0n) is 13.8. The van der Waals surface area contributed by atoms with Crippen LogP contribution in [0.2, 0.25) is 0 Å². The molecular weight excluding hydrogens is 266 g/mol. The minimum absolute atomic E-state index is 0.00123. The van der Waals surface area contributed by atoms with Crippen molar-refractivity contribution in [2.75, 3.05) is 20.3 Å². The van der Waals surface area contributed by atoms with Gasteiger partial charge in [-0.15, -0.1) is 0 Å². The Morgan fingerprint density at radius 2 is 1.81 bits per heavy atom. The predicted molar refractivity (Wildman–Crippen MR) is 84.2 cm³/mol. The Bertz CT molecular complexity index is 428. The van der Waals surface area contributed by atoms with Crippen LogP contribution in [0, 0.1) is 6.92 Å². The van der Waals surface area contributed by atoms with Crippen LogP contribution in [0.5, 0.6) is 0 Å². The van der Waals surface area contributed by atoms with Crippen LogP contribution < -0.4 is 0 Å². The SMILES string of the molecule is COCCN(Cc1ccc(C)cc1)C(=O)[C@H](C)OC(C)C. The first kappa shape index (κ1) is 17.7. The first-order chi connectivity index (χ1) is 9.93. The molecule has 1 amide bonds. The Balaban J connectivity index is 2.74. The number of ether oxygens (including phenoxy) is 2. The first-order valence-electron chi connectivity index (χ1n) is 7.42. The number of hydrogen-bond acceptors (Lipinski definition) is 3. The summed E-state index contributed by atoms with van der Waals surface area (Å²) in [4.78, 5) is 14.3. The summed E-state index contributed by atoms with van der Waals surface area (Å²) in [5.41, 5.74) is 2.33. The molecule has 0 heterocycles. The average molecular weight is 293 g/mol. The molecule has 118 valence electrons. The van der Waals surface area contributed by atoms with Gasteiger partial charge in [-0.05, 0) is 33.3 Å². The van der Waals surface area contributed by atoms with Crippen LogP contribution in [0.4, 0.5) is 0 Å². The van der Waals surface area contributed by atoms with Gasteiger partial charge in [0.05, 0.1) is 12.7 Å². The molecule has 0 saturated heterocycles. The molecule has 0 radical (unpaired) electrons. The van der Waals surface area contributed by atoms with Crippen LogP contribution in [0.25, 0.3) is 0 Å². The number of amides is 1. The van der Waals surface area contributed by atoms with Gasteiger partial charge in [-0.3, -0.25) is 4.79 Å². The normalized spacial score (nSPS) is 12.5. The lowest BCUT2D eigenvalue weighted by Crippen LogP contribution is -2.41. The molecule has 4 nitrogen and oxygen atoms in total. The molecule has 21 heavy (non-hydrogen) atoms. The molecular formula is C17H27NO3. The van der Waals surface area contributed by atoms with Gasteiger partial charge in [0, 0.05) is 20.2 Å². The maximum atomic E-state index is 12.5. The number of nitrogens with zero attached hydrogens (tertiary/aromatic N) is 1. The average Bonchev–Trinajstić information content (AvgIpc) is 2.44. The Hall–Kier alpha value is -1.39. The van der Waals surface area contributed by atoms with Gasteiger partial charge in [0.1, 0.15) is 6.10 Å². The fourth-order valence-electron chi connectivity index (χ4n) is 2.11. The largest absolute Gasteiger partial charge is 0.383 e. The minimum atomic E-state index is -0.438. The van der Waals surface area contributed by atoms with Crippen molar-refractivity contribution in [1.82, 2.24) is 4.90 Å². The quantitative estimate of drug-likeness (QED) is 0.740. The van der Waals surface area contributed by atoms with Crippen molar-refractivity contribution in [3.05, 3.63) is 35.4 Å². The lowest BCUT2D eigenvalue weighted by molar-refractivity contribution is -0.146. The lowest BCUT2D eigenvalue weighted by Gasteiger charge is -2.26. The number of aryl methyl sites for hydroxylation is 1. The second-order valence-electron chi connectivity index (χ2n) is 5.57. The van der Waals surface area contributed by atoms with Gasteiger partial charge in [0.15, 0.2) is 0 Å². The summed E-state index contributed by atoms with van der Waals surface area (Å²) in [6.07, 6.45) is -0.403. The van der Waals surface area contributed by atoms with Crippen molar-refractivity contribution < 1.29 is 14.3 Å². The summed E-state index contributed by atoms with van der Waals surface area (Å²) >= 11 is 0. The van der Waals surface area contributed by atoms with E-state index in [4.69, 9.17) is 9.47 Å². The Morgan fingerprint density at radius 1 is 1.19 bits per heavy atom. The number of carbonyl (C=O) groups excluding carboxylic acids is 1. The molecule has 0 aliphatic rings. The van der Waals surface area contributed by atoms with Crippen LogP contribution >= 0.6 is 0 Å². The maximum absolute atomic E-state index is 12.5. The molecule has 0 spiro atoms. The Kier molecular flexibility index (Phi) is 7.40. The second kappa shape index (κ2) is 8.80. The van der Waals surface area contributed by atoms with E-state index in [2.05, 4.69) is 31.2 Å². The number of rotatable bonds is 8. The zero-order chi connectivity index (χ0) is 15.8. The molecule has 4 heteroatoms. The minimum Gasteiger partial charge on any atom is -0.383 e. The lowest BCUT2D eigenvalue weighted by atomic mass is 10.1. The fourth-order valence-corrected chi connectivity index (χ4v) is 2.11. The third-order valence-electron chi connectivity index (χ3n) is 3.20. The molecule has 0 aliphatic heterocycles. The van der Waals surface area contributed by atoms with E-state index < -0.39 is 6.10 Å². The van der Waals surface area contributed by atoms with Gasteiger partial charge in [0.25, 0.3) is 5.91 Å².